The van der Waals surface area contributed by atoms with Gasteiger partial charge >= 0.3 is 5.97 Å². The number of carboxylic acid groups (broad SMARTS) is 1. The fourth-order valence-corrected chi connectivity index (χ4v) is 3.65. The molecule has 2 aromatic rings. The van der Waals surface area contributed by atoms with Crippen molar-refractivity contribution in [3.05, 3.63) is 68.6 Å². The molecule has 1 aliphatic rings. The molecule has 0 atom stereocenters. The number of hydrogen-bond donors (Lipinski definition) is 1. The lowest BCUT2D eigenvalue weighted by molar-refractivity contribution is -0.385. The van der Waals surface area contributed by atoms with Gasteiger partial charge in [-0.15, -0.1) is 0 Å². The highest BCUT2D eigenvalue weighted by Gasteiger charge is 2.36. The Morgan fingerprint density at radius 1 is 1.23 bits per heavy atom. The van der Waals surface area contributed by atoms with E-state index in [4.69, 9.17) is 14.6 Å². The molecule has 0 aromatic heterocycles. The number of carbonyl (C=O) groups excluding carboxylic acids is 2. The maximum absolute atomic E-state index is 12.7. The fraction of sp³-hybridized carbons (Fsp3) is 0.150. The van der Waals surface area contributed by atoms with Crippen LogP contribution < -0.4 is 9.47 Å². The Balaban J connectivity index is 1.82. The molecule has 0 aliphatic carbocycles. The Labute approximate surface area is 180 Å². The Morgan fingerprint density at radius 2 is 1.97 bits per heavy atom. The average molecular weight is 444 g/mol. The minimum absolute atomic E-state index is 0.143. The number of benzene rings is 2. The Morgan fingerprint density at radius 3 is 2.65 bits per heavy atom. The molecule has 0 spiro atoms. The number of rotatable bonds is 8. The molecule has 3 rings (SSSR count). The number of nitro benzene ring substituents is 1. The number of imide groups is 1. The lowest BCUT2D eigenvalue weighted by Crippen LogP contribution is -2.27. The topological polar surface area (TPSA) is 136 Å². The third-order valence-corrected chi connectivity index (χ3v) is 5.13. The second-order valence-electron chi connectivity index (χ2n) is 6.25. The monoisotopic (exact) mass is 444 g/mol. The molecule has 0 unspecified atom stereocenters. The van der Waals surface area contributed by atoms with Crippen molar-refractivity contribution in [2.24, 2.45) is 0 Å². The van der Waals surface area contributed by atoms with Gasteiger partial charge in [0.05, 0.1) is 23.5 Å². The first-order valence-corrected chi connectivity index (χ1v) is 9.62. The van der Waals surface area contributed by atoms with Gasteiger partial charge in [-0.25, -0.2) is 4.79 Å². The summed E-state index contributed by atoms with van der Waals surface area (Å²) in [5.41, 5.74) is 0.598. The van der Waals surface area contributed by atoms with Crippen LogP contribution in [0.3, 0.4) is 0 Å². The van der Waals surface area contributed by atoms with Crippen molar-refractivity contribution in [3.8, 4) is 11.5 Å². The maximum atomic E-state index is 12.7. The summed E-state index contributed by atoms with van der Waals surface area (Å²) in [6, 6.07) is 10.5. The predicted octanol–water partition coefficient (Wildman–Crippen LogP) is 3.30. The van der Waals surface area contributed by atoms with Crippen LogP contribution >= 0.6 is 11.8 Å². The normalized spacial score (nSPS) is 14.7. The smallest absolute Gasteiger partial charge is 0.341 e. The van der Waals surface area contributed by atoms with Gasteiger partial charge in [-0.3, -0.25) is 24.6 Å². The Kier molecular flexibility index (Phi) is 6.55. The summed E-state index contributed by atoms with van der Waals surface area (Å²) in [4.78, 5) is 47.5. The SMILES string of the molecule is COc1cc(/C=C2/SC(=O)N(Cc3ccccc3[N+](=O)[O-])C2=O)ccc1OCC(=O)O. The summed E-state index contributed by atoms with van der Waals surface area (Å²) >= 11 is 0.721. The van der Waals surface area contributed by atoms with Crippen molar-refractivity contribution in [2.45, 2.75) is 6.54 Å². The van der Waals surface area contributed by atoms with Crippen LogP contribution in [0.15, 0.2) is 47.4 Å². The van der Waals surface area contributed by atoms with E-state index in [-0.39, 0.29) is 34.2 Å². The molecule has 0 saturated carbocycles. The number of ether oxygens (including phenoxy) is 2. The Bertz CT molecular complexity index is 1100. The number of amides is 2. The number of aliphatic carboxylic acids is 1. The number of methoxy groups -OCH3 is 1. The number of carboxylic acids is 1. The van der Waals surface area contributed by atoms with Crippen molar-refractivity contribution in [1.29, 1.82) is 0 Å². The number of thioether (sulfide) groups is 1. The number of nitrogens with zero attached hydrogens (tertiary/aromatic N) is 2. The van der Waals surface area contributed by atoms with Crippen LogP contribution in [-0.4, -0.2) is 45.8 Å². The highest BCUT2D eigenvalue weighted by molar-refractivity contribution is 8.18. The molecular weight excluding hydrogens is 428 g/mol. The van der Waals surface area contributed by atoms with Gasteiger partial charge in [-0.05, 0) is 35.5 Å². The van der Waals surface area contributed by atoms with E-state index in [1.54, 1.807) is 12.1 Å². The number of nitro groups is 1. The van der Waals surface area contributed by atoms with Crippen LogP contribution in [0.5, 0.6) is 11.5 Å². The Hall–Kier alpha value is -3.86. The molecule has 0 bridgehead atoms. The van der Waals surface area contributed by atoms with E-state index >= 15 is 0 Å². The first kappa shape index (κ1) is 21.8. The van der Waals surface area contributed by atoms with Crippen molar-refractivity contribution in [3.63, 3.8) is 0 Å². The molecule has 1 aliphatic heterocycles. The maximum Gasteiger partial charge on any atom is 0.341 e. The van der Waals surface area contributed by atoms with Crippen LogP contribution in [0, 0.1) is 10.1 Å². The van der Waals surface area contributed by atoms with Crippen LogP contribution in [0.2, 0.25) is 0 Å². The van der Waals surface area contributed by atoms with E-state index in [0.29, 0.717) is 5.56 Å². The zero-order valence-corrected chi connectivity index (χ0v) is 17.0. The highest BCUT2D eigenvalue weighted by Crippen LogP contribution is 2.36. The van der Waals surface area contributed by atoms with Gasteiger partial charge in [-0.1, -0.05) is 24.3 Å². The first-order valence-electron chi connectivity index (χ1n) is 8.80. The zero-order chi connectivity index (χ0) is 22.5. The van der Waals surface area contributed by atoms with Gasteiger partial charge in [-0.2, -0.15) is 0 Å². The molecule has 2 amide bonds. The van der Waals surface area contributed by atoms with Crippen molar-refractivity contribution >= 4 is 40.6 Å². The van der Waals surface area contributed by atoms with E-state index in [1.807, 2.05) is 0 Å². The van der Waals surface area contributed by atoms with Gasteiger partial charge in [0.2, 0.25) is 0 Å². The van der Waals surface area contributed by atoms with Crippen LogP contribution in [-0.2, 0) is 16.1 Å². The minimum atomic E-state index is -1.14. The third kappa shape index (κ3) is 5.01. The van der Waals surface area contributed by atoms with Crippen LogP contribution in [0.4, 0.5) is 10.5 Å². The van der Waals surface area contributed by atoms with Crippen molar-refractivity contribution in [2.75, 3.05) is 13.7 Å². The van der Waals surface area contributed by atoms with Crippen molar-refractivity contribution in [1.82, 2.24) is 4.90 Å². The second-order valence-corrected chi connectivity index (χ2v) is 7.24. The summed E-state index contributed by atoms with van der Waals surface area (Å²) < 4.78 is 10.3. The largest absolute Gasteiger partial charge is 0.493 e. The van der Waals surface area contributed by atoms with Crippen LogP contribution in [0.1, 0.15) is 11.1 Å². The van der Waals surface area contributed by atoms with E-state index in [0.717, 1.165) is 16.7 Å². The average Bonchev–Trinajstić information content (AvgIpc) is 3.00. The van der Waals surface area contributed by atoms with Gasteiger partial charge in [0, 0.05) is 11.6 Å². The molecule has 1 N–H and O–H groups in total. The number of carbonyl (C=O) groups is 3. The fourth-order valence-electron chi connectivity index (χ4n) is 2.81. The lowest BCUT2D eigenvalue weighted by atomic mass is 10.1. The van der Waals surface area contributed by atoms with Gasteiger partial charge in [0.25, 0.3) is 16.8 Å². The molecular formula is C20H16N2O8S. The quantitative estimate of drug-likeness (QED) is 0.369. The molecule has 11 heteroatoms. The summed E-state index contributed by atoms with van der Waals surface area (Å²) in [6.45, 7) is -0.759. The molecule has 160 valence electrons. The molecule has 0 radical (unpaired) electrons. The molecule has 1 fully saturated rings. The molecule has 31 heavy (non-hydrogen) atoms. The summed E-state index contributed by atoms with van der Waals surface area (Å²) in [6.07, 6.45) is 1.48. The van der Waals surface area contributed by atoms with Gasteiger partial charge in [0.1, 0.15) is 0 Å². The summed E-state index contributed by atoms with van der Waals surface area (Å²) in [7, 11) is 1.38. The lowest BCUT2D eigenvalue weighted by Gasteiger charge is -2.12. The third-order valence-electron chi connectivity index (χ3n) is 4.23. The summed E-state index contributed by atoms with van der Waals surface area (Å²) in [5.74, 6) is -1.24. The number of hydrogen-bond acceptors (Lipinski definition) is 8. The minimum Gasteiger partial charge on any atom is -0.493 e. The van der Waals surface area contributed by atoms with E-state index in [2.05, 4.69) is 0 Å². The molecule has 1 saturated heterocycles. The van der Waals surface area contributed by atoms with Gasteiger partial charge in [0.15, 0.2) is 18.1 Å². The first-order chi connectivity index (χ1) is 14.8. The highest BCUT2D eigenvalue weighted by atomic mass is 32.2. The van der Waals surface area contributed by atoms with Crippen LogP contribution in [0.25, 0.3) is 6.08 Å². The number of para-hydroxylation sites is 1. The molecule has 1 heterocycles. The van der Waals surface area contributed by atoms with Gasteiger partial charge < -0.3 is 14.6 Å². The van der Waals surface area contributed by atoms with Crippen molar-refractivity contribution < 1.29 is 33.9 Å². The zero-order valence-electron chi connectivity index (χ0n) is 16.1. The van der Waals surface area contributed by atoms with E-state index < -0.39 is 28.6 Å². The van der Waals surface area contributed by atoms with E-state index in [1.165, 1.54) is 43.5 Å². The standard InChI is InChI=1S/C20H16N2O8S/c1-29-16-8-12(6-7-15(16)30-11-18(23)24)9-17-19(25)21(20(26)31-17)10-13-4-2-3-5-14(13)22(27)28/h2-9H,10-11H2,1H3,(H,23,24)/b17-9+. The second kappa shape index (κ2) is 9.30. The predicted molar refractivity (Wildman–Crippen MR) is 111 cm³/mol. The molecule has 2 aromatic carbocycles. The summed E-state index contributed by atoms with van der Waals surface area (Å²) in [5, 5.41) is 19.4. The van der Waals surface area contributed by atoms with E-state index in [9.17, 15) is 24.5 Å². The molecule has 10 nitrogen and oxygen atoms in total.